The number of rotatable bonds is 5. The first-order valence-corrected chi connectivity index (χ1v) is 9.34. The van der Waals surface area contributed by atoms with Gasteiger partial charge in [0.1, 0.15) is 17.1 Å². The SMILES string of the molecule is Cc1oc(C)c(C(=O)OCC(=O)Nc2ccc(N3CCCCC3)cc2)c1C. The monoisotopic (exact) mass is 370 g/mol. The number of amides is 1. The maximum atomic E-state index is 12.2. The van der Waals surface area contributed by atoms with E-state index in [1.165, 1.54) is 24.9 Å². The predicted molar refractivity (Wildman–Crippen MR) is 104 cm³/mol. The van der Waals surface area contributed by atoms with E-state index in [2.05, 4.69) is 10.2 Å². The molecule has 0 saturated carbocycles. The van der Waals surface area contributed by atoms with Crippen LogP contribution < -0.4 is 10.2 Å². The minimum Gasteiger partial charge on any atom is -0.465 e. The van der Waals surface area contributed by atoms with Crippen LogP contribution in [-0.2, 0) is 9.53 Å². The third-order valence-electron chi connectivity index (χ3n) is 4.97. The molecule has 1 aromatic carbocycles. The molecule has 144 valence electrons. The van der Waals surface area contributed by atoms with Gasteiger partial charge in [0.05, 0.1) is 0 Å². The Morgan fingerprint density at radius 3 is 2.30 bits per heavy atom. The summed E-state index contributed by atoms with van der Waals surface area (Å²) in [4.78, 5) is 26.7. The largest absolute Gasteiger partial charge is 0.465 e. The van der Waals surface area contributed by atoms with Gasteiger partial charge < -0.3 is 19.4 Å². The van der Waals surface area contributed by atoms with Crippen LogP contribution >= 0.6 is 0 Å². The molecule has 3 rings (SSSR count). The van der Waals surface area contributed by atoms with E-state index in [0.29, 0.717) is 22.8 Å². The Morgan fingerprint density at radius 2 is 1.70 bits per heavy atom. The molecule has 2 aromatic rings. The van der Waals surface area contributed by atoms with Crippen LogP contribution in [-0.4, -0.2) is 31.6 Å². The first-order valence-electron chi connectivity index (χ1n) is 9.34. The second-order valence-electron chi connectivity index (χ2n) is 6.93. The molecular weight excluding hydrogens is 344 g/mol. The zero-order valence-corrected chi connectivity index (χ0v) is 16.1. The molecule has 6 nitrogen and oxygen atoms in total. The zero-order chi connectivity index (χ0) is 19.4. The molecule has 0 spiro atoms. The topological polar surface area (TPSA) is 71.8 Å². The summed E-state index contributed by atoms with van der Waals surface area (Å²) in [5, 5.41) is 2.76. The molecule has 0 aliphatic carbocycles. The zero-order valence-electron chi connectivity index (χ0n) is 16.1. The highest BCUT2D eigenvalue weighted by atomic mass is 16.5. The molecule has 2 heterocycles. The van der Waals surface area contributed by atoms with Gasteiger partial charge in [-0.2, -0.15) is 0 Å². The van der Waals surface area contributed by atoms with Gasteiger partial charge in [-0.1, -0.05) is 0 Å². The van der Waals surface area contributed by atoms with Crippen molar-refractivity contribution in [3.63, 3.8) is 0 Å². The van der Waals surface area contributed by atoms with Crippen molar-refractivity contribution in [2.75, 3.05) is 29.9 Å². The van der Waals surface area contributed by atoms with Gasteiger partial charge in [-0.25, -0.2) is 4.79 Å². The van der Waals surface area contributed by atoms with Gasteiger partial charge in [0.15, 0.2) is 6.61 Å². The van der Waals surface area contributed by atoms with Gasteiger partial charge >= 0.3 is 5.97 Å². The Labute approximate surface area is 159 Å². The van der Waals surface area contributed by atoms with Crippen LogP contribution in [0.4, 0.5) is 11.4 Å². The minimum absolute atomic E-state index is 0.337. The summed E-state index contributed by atoms with van der Waals surface area (Å²) in [5.41, 5.74) is 2.99. The van der Waals surface area contributed by atoms with E-state index in [9.17, 15) is 9.59 Å². The summed E-state index contributed by atoms with van der Waals surface area (Å²) in [6.07, 6.45) is 3.73. The maximum absolute atomic E-state index is 12.2. The smallest absolute Gasteiger partial charge is 0.342 e. The van der Waals surface area contributed by atoms with Crippen molar-refractivity contribution in [1.82, 2.24) is 0 Å². The lowest BCUT2D eigenvalue weighted by molar-refractivity contribution is -0.119. The molecule has 1 aromatic heterocycles. The molecule has 1 saturated heterocycles. The molecule has 1 aliphatic heterocycles. The van der Waals surface area contributed by atoms with E-state index >= 15 is 0 Å². The maximum Gasteiger partial charge on any atom is 0.342 e. The number of nitrogens with zero attached hydrogens (tertiary/aromatic N) is 1. The molecular formula is C21H26N2O4. The van der Waals surface area contributed by atoms with E-state index < -0.39 is 5.97 Å². The lowest BCUT2D eigenvalue weighted by atomic mass is 10.1. The van der Waals surface area contributed by atoms with Crippen LogP contribution in [0.3, 0.4) is 0 Å². The second-order valence-corrected chi connectivity index (χ2v) is 6.93. The second kappa shape index (κ2) is 8.29. The molecule has 1 N–H and O–H groups in total. The van der Waals surface area contributed by atoms with Crippen molar-refractivity contribution in [2.24, 2.45) is 0 Å². The summed E-state index contributed by atoms with van der Waals surface area (Å²) in [6, 6.07) is 7.76. The number of anilines is 2. The minimum atomic E-state index is -0.544. The van der Waals surface area contributed by atoms with Crippen molar-refractivity contribution < 1.29 is 18.7 Å². The van der Waals surface area contributed by atoms with E-state index in [1.807, 2.05) is 24.3 Å². The van der Waals surface area contributed by atoms with E-state index in [1.54, 1.807) is 20.8 Å². The van der Waals surface area contributed by atoms with Crippen LogP contribution in [0.15, 0.2) is 28.7 Å². The third kappa shape index (κ3) is 4.51. The number of aryl methyl sites for hydroxylation is 2. The first-order chi connectivity index (χ1) is 13.0. The predicted octanol–water partition coefficient (Wildman–Crippen LogP) is 3.99. The normalized spacial score (nSPS) is 14.1. The van der Waals surface area contributed by atoms with Crippen LogP contribution in [0.2, 0.25) is 0 Å². The molecule has 0 unspecified atom stereocenters. The van der Waals surface area contributed by atoms with Crippen LogP contribution in [0.25, 0.3) is 0 Å². The summed E-state index contributed by atoms with van der Waals surface area (Å²) >= 11 is 0. The lowest BCUT2D eigenvalue weighted by Gasteiger charge is -2.28. The first kappa shape index (κ1) is 19.0. The van der Waals surface area contributed by atoms with Crippen molar-refractivity contribution in [1.29, 1.82) is 0 Å². The van der Waals surface area contributed by atoms with Gasteiger partial charge in [-0.15, -0.1) is 0 Å². The number of ether oxygens (including phenoxy) is 1. The molecule has 0 radical (unpaired) electrons. The summed E-state index contributed by atoms with van der Waals surface area (Å²) in [7, 11) is 0. The molecule has 1 aliphatic rings. The standard InChI is InChI=1S/C21H26N2O4/c1-14-15(2)27-16(3)20(14)21(25)26-13-19(24)22-17-7-9-18(10-8-17)23-11-5-4-6-12-23/h7-10H,4-6,11-13H2,1-3H3,(H,22,24). The number of benzene rings is 1. The van der Waals surface area contributed by atoms with Crippen molar-refractivity contribution in [3.05, 3.63) is 46.9 Å². The number of carbonyl (C=O) groups excluding carboxylic acids is 2. The summed E-state index contributed by atoms with van der Waals surface area (Å²) < 4.78 is 10.6. The van der Waals surface area contributed by atoms with Gasteiger partial charge in [0.25, 0.3) is 5.91 Å². The molecule has 0 bridgehead atoms. The summed E-state index contributed by atoms with van der Waals surface area (Å²) in [6.45, 7) is 7.12. The van der Waals surface area contributed by atoms with Gasteiger partial charge in [0, 0.05) is 30.0 Å². The highest BCUT2D eigenvalue weighted by Gasteiger charge is 2.20. The number of carbonyl (C=O) groups is 2. The van der Waals surface area contributed by atoms with E-state index in [4.69, 9.17) is 9.15 Å². The third-order valence-corrected chi connectivity index (χ3v) is 4.97. The highest BCUT2D eigenvalue weighted by Crippen LogP contribution is 2.23. The molecule has 1 amide bonds. The summed E-state index contributed by atoms with van der Waals surface area (Å²) in [5.74, 6) is 0.267. The fraction of sp³-hybridized carbons (Fsp3) is 0.429. The molecule has 1 fully saturated rings. The number of furan rings is 1. The lowest BCUT2D eigenvalue weighted by Crippen LogP contribution is -2.29. The van der Waals surface area contributed by atoms with Crippen molar-refractivity contribution in [2.45, 2.75) is 40.0 Å². The van der Waals surface area contributed by atoms with E-state index in [-0.39, 0.29) is 12.5 Å². The molecule has 6 heteroatoms. The quantitative estimate of drug-likeness (QED) is 0.806. The van der Waals surface area contributed by atoms with E-state index in [0.717, 1.165) is 18.7 Å². The fourth-order valence-corrected chi connectivity index (χ4v) is 3.40. The Bertz CT molecular complexity index is 817. The van der Waals surface area contributed by atoms with Gasteiger partial charge in [0.2, 0.25) is 0 Å². The number of esters is 1. The van der Waals surface area contributed by atoms with Gasteiger partial charge in [-0.05, 0) is 64.3 Å². The van der Waals surface area contributed by atoms with Crippen LogP contribution in [0.5, 0.6) is 0 Å². The average Bonchev–Trinajstić information content (AvgIpc) is 2.93. The Morgan fingerprint density at radius 1 is 1.04 bits per heavy atom. The molecule has 0 atom stereocenters. The Kier molecular flexibility index (Phi) is 5.84. The highest BCUT2D eigenvalue weighted by molar-refractivity contribution is 5.96. The number of piperidine rings is 1. The fourth-order valence-electron chi connectivity index (χ4n) is 3.40. The van der Waals surface area contributed by atoms with Crippen LogP contribution in [0.1, 0.15) is 46.7 Å². The van der Waals surface area contributed by atoms with Crippen molar-refractivity contribution >= 4 is 23.3 Å². The van der Waals surface area contributed by atoms with Gasteiger partial charge in [-0.3, -0.25) is 4.79 Å². The number of hydrogen-bond donors (Lipinski definition) is 1. The Balaban J connectivity index is 1.52. The Hall–Kier alpha value is -2.76. The molecule has 27 heavy (non-hydrogen) atoms. The van der Waals surface area contributed by atoms with Crippen LogP contribution in [0, 0.1) is 20.8 Å². The number of nitrogens with one attached hydrogen (secondary N) is 1. The number of hydrogen-bond acceptors (Lipinski definition) is 5. The average molecular weight is 370 g/mol. The van der Waals surface area contributed by atoms with Crippen molar-refractivity contribution in [3.8, 4) is 0 Å².